The van der Waals surface area contributed by atoms with Crippen LogP contribution in [0.25, 0.3) is 0 Å². The molecule has 0 atom stereocenters. The maximum absolute atomic E-state index is 4.54. The van der Waals surface area contributed by atoms with E-state index in [0.29, 0.717) is 5.92 Å². The van der Waals surface area contributed by atoms with Crippen molar-refractivity contribution in [3.63, 3.8) is 0 Å². The Balaban J connectivity index is 3.02. The summed E-state index contributed by atoms with van der Waals surface area (Å²) in [6, 6.07) is 0. The molecular weight excluding hydrogens is 246 g/mol. The molecule has 0 spiro atoms. The summed E-state index contributed by atoms with van der Waals surface area (Å²) in [6.07, 6.45) is 2.10. The zero-order valence-electron chi connectivity index (χ0n) is 12.1. The van der Waals surface area contributed by atoms with E-state index in [0.717, 1.165) is 30.0 Å². The number of rotatable bonds is 6. The Morgan fingerprint density at radius 2 is 1.67 bits per heavy atom. The first-order valence-corrected chi connectivity index (χ1v) is 7.48. The van der Waals surface area contributed by atoms with Gasteiger partial charge in [-0.3, -0.25) is 0 Å². The molecule has 0 aromatic carbocycles. The van der Waals surface area contributed by atoms with Gasteiger partial charge in [0, 0.05) is 39.4 Å². The first kappa shape index (κ1) is 15.0. The summed E-state index contributed by atoms with van der Waals surface area (Å²) in [5, 5.41) is 0. The molecule has 0 aliphatic carbocycles. The second-order valence-electron chi connectivity index (χ2n) is 4.76. The van der Waals surface area contributed by atoms with Gasteiger partial charge in [-0.25, -0.2) is 0 Å². The summed E-state index contributed by atoms with van der Waals surface area (Å²) in [5.41, 5.74) is 0. The number of hydrogen-bond acceptors (Lipinski definition) is 6. The summed E-state index contributed by atoms with van der Waals surface area (Å²) in [5.74, 6) is 3.70. The van der Waals surface area contributed by atoms with Crippen LogP contribution in [0.4, 0.5) is 11.9 Å². The average Bonchev–Trinajstić information content (AvgIpc) is 2.35. The van der Waals surface area contributed by atoms with E-state index >= 15 is 0 Å². The van der Waals surface area contributed by atoms with Crippen LogP contribution >= 0.6 is 11.8 Å². The second-order valence-corrected chi connectivity index (χ2v) is 5.74. The van der Waals surface area contributed by atoms with Gasteiger partial charge in [0.25, 0.3) is 0 Å². The molecule has 18 heavy (non-hydrogen) atoms. The van der Waals surface area contributed by atoms with Crippen molar-refractivity contribution >= 4 is 23.7 Å². The minimum atomic E-state index is 0.305. The number of aromatic nitrogens is 3. The highest BCUT2D eigenvalue weighted by atomic mass is 32.2. The molecule has 1 aromatic heterocycles. The van der Waals surface area contributed by atoms with Gasteiger partial charge >= 0.3 is 0 Å². The number of anilines is 2. The summed E-state index contributed by atoms with van der Waals surface area (Å²) >= 11 is 1.82. The van der Waals surface area contributed by atoms with Crippen molar-refractivity contribution in [2.75, 3.05) is 49.5 Å². The zero-order valence-corrected chi connectivity index (χ0v) is 13.0. The first-order chi connectivity index (χ1) is 8.45. The molecule has 0 amide bonds. The predicted molar refractivity (Wildman–Crippen MR) is 79.9 cm³/mol. The lowest BCUT2D eigenvalue weighted by Crippen LogP contribution is -2.25. The van der Waals surface area contributed by atoms with Crippen molar-refractivity contribution in [3.05, 3.63) is 5.82 Å². The van der Waals surface area contributed by atoms with Crippen LogP contribution < -0.4 is 9.80 Å². The Bertz CT molecular complexity index is 354. The third kappa shape index (κ3) is 4.01. The molecule has 0 N–H and O–H groups in total. The lowest BCUT2D eigenvalue weighted by atomic mass is 10.2. The number of nitrogens with zero attached hydrogens (tertiary/aromatic N) is 5. The van der Waals surface area contributed by atoms with Gasteiger partial charge in [0.2, 0.25) is 11.9 Å². The fourth-order valence-corrected chi connectivity index (χ4v) is 1.78. The molecule has 1 heterocycles. The Morgan fingerprint density at radius 3 is 2.17 bits per heavy atom. The van der Waals surface area contributed by atoms with Gasteiger partial charge in [-0.05, 0) is 6.26 Å². The van der Waals surface area contributed by atoms with Crippen LogP contribution in [0.5, 0.6) is 0 Å². The van der Waals surface area contributed by atoms with Crippen molar-refractivity contribution in [1.82, 2.24) is 15.0 Å². The third-order valence-corrected chi connectivity index (χ3v) is 3.11. The van der Waals surface area contributed by atoms with E-state index in [9.17, 15) is 0 Å². The van der Waals surface area contributed by atoms with Gasteiger partial charge in [-0.1, -0.05) is 13.8 Å². The van der Waals surface area contributed by atoms with E-state index in [2.05, 4.69) is 40.0 Å². The van der Waals surface area contributed by atoms with Gasteiger partial charge in [-0.2, -0.15) is 26.7 Å². The van der Waals surface area contributed by atoms with Crippen LogP contribution in [0, 0.1) is 0 Å². The molecule has 0 unspecified atom stereocenters. The molecule has 6 heteroatoms. The van der Waals surface area contributed by atoms with Gasteiger partial charge in [0.1, 0.15) is 5.82 Å². The number of hydrogen-bond donors (Lipinski definition) is 0. The second kappa shape index (κ2) is 6.78. The van der Waals surface area contributed by atoms with Crippen LogP contribution in [0.15, 0.2) is 0 Å². The molecule has 0 radical (unpaired) electrons. The molecular formula is C12H23N5S. The number of thioether (sulfide) groups is 1. The van der Waals surface area contributed by atoms with E-state index in [4.69, 9.17) is 0 Å². The van der Waals surface area contributed by atoms with Gasteiger partial charge in [0.05, 0.1) is 0 Å². The molecule has 5 nitrogen and oxygen atoms in total. The maximum atomic E-state index is 4.54. The fourth-order valence-electron chi connectivity index (χ4n) is 1.33. The highest BCUT2D eigenvalue weighted by molar-refractivity contribution is 7.98. The first-order valence-electron chi connectivity index (χ1n) is 6.09. The highest BCUT2D eigenvalue weighted by Crippen LogP contribution is 2.16. The van der Waals surface area contributed by atoms with E-state index < -0.39 is 0 Å². The molecule has 0 aliphatic heterocycles. The third-order valence-electron chi connectivity index (χ3n) is 2.52. The summed E-state index contributed by atoms with van der Waals surface area (Å²) < 4.78 is 0. The van der Waals surface area contributed by atoms with Gasteiger partial charge in [0.15, 0.2) is 0 Å². The maximum Gasteiger partial charge on any atom is 0.230 e. The SMILES string of the molecule is CSCCN(C)c1nc(C(C)C)nc(N(C)C)n1. The van der Waals surface area contributed by atoms with Gasteiger partial charge in [-0.15, -0.1) is 0 Å². The predicted octanol–water partition coefficient (Wildman–Crippen LogP) is 1.86. The normalized spacial score (nSPS) is 10.8. The topological polar surface area (TPSA) is 45.2 Å². The Labute approximate surface area is 114 Å². The lowest BCUT2D eigenvalue weighted by molar-refractivity contribution is 0.741. The molecule has 0 saturated carbocycles. The highest BCUT2D eigenvalue weighted by Gasteiger charge is 2.13. The Kier molecular flexibility index (Phi) is 5.65. The summed E-state index contributed by atoms with van der Waals surface area (Å²) in [7, 11) is 5.92. The quantitative estimate of drug-likeness (QED) is 0.785. The van der Waals surface area contributed by atoms with E-state index in [-0.39, 0.29) is 0 Å². The molecule has 1 rings (SSSR count). The molecule has 0 bridgehead atoms. The summed E-state index contributed by atoms with van der Waals surface area (Å²) in [4.78, 5) is 17.5. The molecule has 0 aliphatic rings. The molecule has 0 fully saturated rings. The molecule has 0 saturated heterocycles. The van der Waals surface area contributed by atoms with E-state index in [1.165, 1.54) is 0 Å². The monoisotopic (exact) mass is 269 g/mol. The van der Waals surface area contributed by atoms with Crippen LogP contribution in [0.1, 0.15) is 25.6 Å². The largest absolute Gasteiger partial charge is 0.347 e. The van der Waals surface area contributed by atoms with Crippen molar-refractivity contribution in [2.45, 2.75) is 19.8 Å². The minimum Gasteiger partial charge on any atom is -0.347 e. The zero-order chi connectivity index (χ0) is 13.7. The average molecular weight is 269 g/mol. The van der Waals surface area contributed by atoms with Crippen LogP contribution in [0.2, 0.25) is 0 Å². The standard InChI is InChI=1S/C12H23N5S/c1-9(2)10-13-11(16(3)4)15-12(14-10)17(5)7-8-18-6/h9H,7-8H2,1-6H3. The van der Waals surface area contributed by atoms with E-state index in [1.54, 1.807) is 0 Å². The van der Waals surface area contributed by atoms with Crippen LogP contribution in [-0.2, 0) is 0 Å². The van der Waals surface area contributed by atoms with Crippen molar-refractivity contribution < 1.29 is 0 Å². The Morgan fingerprint density at radius 1 is 1.06 bits per heavy atom. The smallest absolute Gasteiger partial charge is 0.230 e. The lowest BCUT2D eigenvalue weighted by Gasteiger charge is -2.20. The molecule has 102 valence electrons. The van der Waals surface area contributed by atoms with Gasteiger partial charge < -0.3 is 9.80 Å². The van der Waals surface area contributed by atoms with Crippen molar-refractivity contribution in [1.29, 1.82) is 0 Å². The summed E-state index contributed by atoms with van der Waals surface area (Å²) in [6.45, 7) is 5.14. The van der Waals surface area contributed by atoms with Crippen LogP contribution in [-0.4, -0.2) is 54.6 Å². The van der Waals surface area contributed by atoms with Crippen molar-refractivity contribution in [3.8, 4) is 0 Å². The van der Waals surface area contributed by atoms with Crippen molar-refractivity contribution in [2.24, 2.45) is 0 Å². The fraction of sp³-hybridized carbons (Fsp3) is 0.750. The van der Waals surface area contributed by atoms with Crippen LogP contribution in [0.3, 0.4) is 0 Å². The Hall–Kier alpha value is -1.04. The van der Waals surface area contributed by atoms with E-state index in [1.807, 2.05) is 37.8 Å². The minimum absolute atomic E-state index is 0.305. The molecule has 1 aromatic rings.